The van der Waals surface area contributed by atoms with Crippen LogP contribution < -0.4 is 4.90 Å². The van der Waals surface area contributed by atoms with Gasteiger partial charge in [-0.3, -0.25) is 9.98 Å². The van der Waals surface area contributed by atoms with Crippen molar-refractivity contribution in [2.24, 2.45) is 10.9 Å². The number of hydrogen-bond acceptors (Lipinski definition) is 4. The van der Waals surface area contributed by atoms with Gasteiger partial charge in [0.25, 0.3) is 0 Å². The zero-order valence-corrected chi connectivity index (χ0v) is 13.2. The summed E-state index contributed by atoms with van der Waals surface area (Å²) in [5, 5.41) is 0. The maximum atomic E-state index is 4.54. The van der Waals surface area contributed by atoms with Crippen molar-refractivity contribution in [2.75, 3.05) is 19.0 Å². The molecule has 0 saturated heterocycles. The average molecular weight is 285 g/mol. The Labute approximate surface area is 126 Å². The van der Waals surface area contributed by atoms with Crippen LogP contribution in [0.4, 0.5) is 11.4 Å². The minimum Gasteiger partial charge on any atom is -0.376 e. The van der Waals surface area contributed by atoms with Gasteiger partial charge in [0.1, 0.15) is 5.69 Å². The van der Waals surface area contributed by atoms with Crippen LogP contribution in [0.5, 0.6) is 0 Å². The van der Waals surface area contributed by atoms with Gasteiger partial charge in [0, 0.05) is 38.4 Å². The van der Waals surface area contributed by atoms with Gasteiger partial charge in [-0.2, -0.15) is 0 Å². The summed E-state index contributed by atoms with van der Waals surface area (Å²) in [4.78, 5) is 15.2. The van der Waals surface area contributed by atoms with Crippen molar-refractivity contribution < 1.29 is 0 Å². The highest BCUT2D eigenvalue weighted by molar-refractivity contribution is 5.72. The lowest BCUT2D eigenvalue weighted by molar-refractivity contribution is 0.635. The second-order valence-corrected chi connectivity index (χ2v) is 5.73. The van der Waals surface area contributed by atoms with Gasteiger partial charge >= 0.3 is 0 Å². The maximum Gasteiger partial charge on any atom is 0.104 e. The lowest BCUT2D eigenvalue weighted by Crippen LogP contribution is -2.10. The highest BCUT2D eigenvalue weighted by atomic mass is 15.1. The first kappa shape index (κ1) is 15.2. The molecule has 0 aliphatic carbocycles. The standard InChI is InChI=1S/C16H23N5/c1-13(2)9-14-10-16(20(3)4)15(11-19-14)18-6-8-21-7-5-17-12-21/h5-7,10-13H,8-9H2,1-4H3. The molecule has 0 bridgehead atoms. The monoisotopic (exact) mass is 285 g/mol. The minimum atomic E-state index is 0.600. The molecule has 5 heteroatoms. The highest BCUT2D eigenvalue weighted by Gasteiger charge is 2.07. The first-order chi connectivity index (χ1) is 10.1. The molecule has 0 aliphatic heterocycles. The Hall–Kier alpha value is -2.17. The molecule has 0 radical (unpaired) electrons. The quantitative estimate of drug-likeness (QED) is 0.767. The van der Waals surface area contributed by atoms with E-state index in [-0.39, 0.29) is 0 Å². The Balaban J connectivity index is 2.16. The van der Waals surface area contributed by atoms with Gasteiger partial charge in [-0.1, -0.05) is 13.8 Å². The van der Waals surface area contributed by atoms with Crippen LogP contribution in [-0.4, -0.2) is 34.8 Å². The predicted molar refractivity (Wildman–Crippen MR) is 87.5 cm³/mol. The summed E-state index contributed by atoms with van der Waals surface area (Å²) in [6.45, 7) is 5.11. The molecular weight excluding hydrogens is 262 g/mol. The van der Waals surface area contributed by atoms with E-state index in [0.29, 0.717) is 12.5 Å². The molecule has 0 unspecified atom stereocenters. The smallest absolute Gasteiger partial charge is 0.104 e. The fourth-order valence-electron chi connectivity index (χ4n) is 2.09. The maximum absolute atomic E-state index is 4.54. The number of pyridine rings is 1. The van der Waals surface area contributed by atoms with Gasteiger partial charge in [-0.25, -0.2) is 4.98 Å². The molecule has 2 aromatic rings. The second kappa shape index (κ2) is 7.02. The van der Waals surface area contributed by atoms with E-state index in [1.54, 1.807) is 12.5 Å². The van der Waals surface area contributed by atoms with Crippen LogP contribution in [0.2, 0.25) is 0 Å². The van der Waals surface area contributed by atoms with Crippen molar-refractivity contribution in [1.82, 2.24) is 14.5 Å². The van der Waals surface area contributed by atoms with Gasteiger partial charge in [-0.15, -0.1) is 0 Å². The third-order valence-electron chi connectivity index (χ3n) is 3.10. The summed E-state index contributed by atoms with van der Waals surface area (Å²) in [6, 6.07) is 2.13. The van der Waals surface area contributed by atoms with Gasteiger partial charge in [0.05, 0.1) is 24.8 Å². The lowest BCUT2D eigenvalue weighted by Gasteiger charge is -2.16. The van der Waals surface area contributed by atoms with E-state index in [1.807, 2.05) is 37.3 Å². The van der Waals surface area contributed by atoms with Gasteiger partial charge < -0.3 is 9.47 Å². The van der Waals surface area contributed by atoms with Gasteiger partial charge in [0.15, 0.2) is 0 Å². The molecule has 112 valence electrons. The van der Waals surface area contributed by atoms with E-state index in [0.717, 1.165) is 23.5 Å². The Morgan fingerprint density at radius 3 is 2.81 bits per heavy atom. The van der Waals surface area contributed by atoms with Crippen molar-refractivity contribution in [2.45, 2.75) is 26.8 Å². The van der Waals surface area contributed by atoms with Crippen LogP contribution in [0.15, 0.2) is 36.0 Å². The SMILES string of the molecule is CC(C)Cc1cc(N(C)C)c(N=CCn2ccnc2)cn1. The molecule has 0 amide bonds. The zero-order chi connectivity index (χ0) is 15.2. The third-order valence-corrected chi connectivity index (χ3v) is 3.10. The predicted octanol–water partition coefficient (Wildman–Crippen LogP) is 2.95. The van der Waals surface area contributed by atoms with Crippen LogP contribution in [0.3, 0.4) is 0 Å². The summed E-state index contributed by atoms with van der Waals surface area (Å²) < 4.78 is 1.97. The Morgan fingerprint density at radius 2 is 2.19 bits per heavy atom. The van der Waals surface area contributed by atoms with Crippen molar-refractivity contribution in [3.8, 4) is 0 Å². The van der Waals surface area contributed by atoms with E-state index >= 15 is 0 Å². The lowest BCUT2D eigenvalue weighted by atomic mass is 10.1. The van der Waals surface area contributed by atoms with Crippen molar-refractivity contribution in [1.29, 1.82) is 0 Å². The van der Waals surface area contributed by atoms with E-state index in [1.165, 1.54) is 0 Å². The summed E-state index contributed by atoms with van der Waals surface area (Å²) in [5.74, 6) is 0.600. The molecular formula is C16H23N5. The first-order valence-corrected chi connectivity index (χ1v) is 7.20. The summed E-state index contributed by atoms with van der Waals surface area (Å²) in [7, 11) is 4.06. The number of imidazole rings is 1. The molecule has 0 N–H and O–H groups in total. The number of aliphatic imine (C=N–C) groups is 1. The van der Waals surface area contributed by atoms with Crippen LogP contribution in [0.25, 0.3) is 0 Å². The van der Waals surface area contributed by atoms with Crippen LogP contribution in [0.1, 0.15) is 19.5 Å². The van der Waals surface area contributed by atoms with Crippen molar-refractivity contribution in [3.63, 3.8) is 0 Å². The molecule has 2 aromatic heterocycles. The number of aromatic nitrogens is 3. The molecule has 2 heterocycles. The van der Waals surface area contributed by atoms with E-state index < -0.39 is 0 Å². The largest absolute Gasteiger partial charge is 0.376 e. The average Bonchev–Trinajstić information content (AvgIpc) is 2.92. The Bertz CT molecular complexity index is 585. The second-order valence-electron chi connectivity index (χ2n) is 5.73. The van der Waals surface area contributed by atoms with Crippen molar-refractivity contribution >= 4 is 17.6 Å². The molecule has 0 atom stereocenters. The number of rotatable bonds is 6. The molecule has 2 rings (SSSR count). The number of nitrogens with zero attached hydrogens (tertiary/aromatic N) is 5. The first-order valence-electron chi connectivity index (χ1n) is 7.20. The van der Waals surface area contributed by atoms with Gasteiger partial charge in [0.2, 0.25) is 0 Å². The van der Waals surface area contributed by atoms with Gasteiger partial charge in [-0.05, 0) is 18.4 Å². The molecule has 0 saturated carbocycles. The van der Waals surface area contributed by atoms with Crippen LogP contribution in [0, 0.1) is 5.92 Å². The highest BCUT2D eigenvalue weighted by Crippen LogP contribution is 2.27. The summed E-state index contributed by atoms with van der Waals surface area (Å²) in [6.07, 6.45) is 10.2. The fourth-order valence-corrected chi connectivity index (χ4v) is 2.09. The van der Waals surface area contributed by atoms with E-state index in [2.05, 4.69) is 39.8 Å². The van der Waals surface area contributed by atoms with E-state index in [4.69, 9.17) is 0 Å². The van der Waals surface area contributed by atoms with Crippen LogP contribution in [-0.2, 0) is 13.0 Å². The Kier molecular flexibility index (Phi) is 5.09. The molecule has 5 nitrogen and oxygen atoms in total. The molecule has 0 aliphatic rings. The number of hydrogen-bond donors (Lipinski definition) is 0. The van der Waals surface area contributed by atoms with Crippen molar-refractivity contribution in [3.05, 3.63) is 36.7 Å². The van der Waals surface area contributed by atoms with Crippen LogP contribution >= 0.6 is 0 Å². The third kappa shape index (κ3) is 4.41. The molecule has 0 aromatic carbocycles. The minimum absolute atomic E-state index is 0.600. The van der Waals surface area contributed by atoms with E-state index in [9.17, 15) is 0 Å². The summed E-state index contributed by atoms with van der Waals surface area (Å²) >= 11 is 0. The normalized spacial score (nSPS) is 11.5. The molecule has 0 spiro atoms. The topological polar surface area (TPSA) is 46.3 Å². The summed E-state index contributed by atoms with van der Waals surface area (Å²) in [5.41, 5.74) is 3.11. The fraction of sp³-hybridized carbons (Fsp3) is 0.438. The zero-order valence-electron chi connectivity index (χ0n) is 13.2. The molecule has 21 heavy (non-hydrogen) atoms. The Morgan fingerprint density at radius 1 is 1.38 bits per heavy atom. The molecule has 0 fully saturated rings. The number of anilines is 1.